The van der Waals surface area contributed by atoms with Crippen molar-refractivity contribution in [2.75, 3.05) is 20.0 Å². The van der Waals surface area contributed by atoms with Crippen molar-refractivity contribution >= 4 is 17.7 Å². The summed E-state index contributed by atoms with van der Waals surface area (Å²) in [5.41, 5.74) is 7.24. The van der Waals surface area contributed by atoms with Crippen LogP contribution < -0.4 is 10.5 Å². The molecule has 0 spiro atoms. The van der Waals surface area contributed by atoms with Crippen LogP contribution in [0.25, 0.3) is 0 Å². The number of methoxy groups -OCH3 is 2. The van der Waals surface area contributed by atoms with Gasteiger partial charge in [-0.15, -0.1) is 11.8 Å². The smallest absolute Gasteiger partial charge is 0.315 e. The Bertz CT molecular complexity index is 394. The monoisotopic (exact) mass is 283 g/mol. The third-order valence-electron chi connectivity index (χ3n) is 2.91. The molecule has 4 nitrogen and oxygen atoms in total. The maximum atomic E-state index is 11.3. The van der Waals surface area contributed by atoms with Gasteiger partial charge in [-0.25, -0.2) is 0 Å². The van der Waals surface area contributed by atoms with E-state index in [1.54, 1.807) is 7.11 Å². The first-order valence-corrected chi connectivity index (χ1v) is 7.25. The van der Waals surface area contributed by atoms with E-state index in [4.69, 9.17) is 10.5 Å². The Labute approximate surface area is 118 Å². The van der Waals surface area contributed by atoms with E-state index in [1.807, 2.05) is 31.2 Å². The Morgan fingerprint density at radius 1 is 1.32 bits per heavy atom. The largest absolute Gasteiger partial charge is 0.497 e. The molecule has 0 saturated carbocycles. The van der Waals surface area contributed by atoms with E-state index in [2.05, 4.69) is 4.74 Å². The molecule has 1 aromatic carbocycles. The summed E-state index contributed by atoms with van der Waals surface area (Å²) in [5.74, 6) is 0.887. The van der Waals surface area contributed by atoms with Gasteiger partial charge in [-0.1, -0.05) is 19.1 Å². The van der Waals surface area contributed by atoms with Gasteiger partial charge in [-0.05, 0) is 24.1 Å². The van der Waals surface area contributed by atoms with Crippen molar-refractivity contribution in [1.29, 1.82) is 0 Å². The number of hydrogen-bond acceptors (Lipinski definition) is 5. The lowest BCUT2D eigenvalue weighted by Gasteiger charge is -2.22. The van der Waals surface area contributed by atoms with Gasteiger partial charge in [-0.2, -0.15) is 0 Å². The molecule has 1 rings (SSSR count). The molecule has 0 aliphatic rings. The summed E-state index contributed by atoms with van der Waals surface area (Å²) in [5, 5.41) is 0.0787. The van der Waals surface area contributed by atoms with E-state index in [-0.39, 0.29) is 17.3 Å². The van der Waals surface area contributed by atoms with E-state index in [9.17, 15) is 4.79 Å². The molecule has 1 aromatic rings. The molecule has 0 saturated heterocycles. The van der Waals surface area contributed by atoms with Crippen molar-refractivity contribution in [2.24, 2.45) is 5.73 Å². The minimum atomic E-state index is -0.230. The molecule has 0 amide bonds. The Morgan fingerprint density at radius 3 is 2.42 bits per heavy atom. The summed E-state index contributed by atoms with van der Waals surface area (Å²) in [7, 11) is 3.03. The van der Waals surface area contributed by atoms with Gasteiger partial charge in [0.25, 0.3) is 0 Å². The third kappa shape index (κ3) is 4.76. The van der Waals surface area contributed by atoms with Crippen LogP contribution in [0, 0.1) is 0 Å². The lowest BCUT2D eigenvalue weighted by Crippen LogP contribution is -2.26. The highest BCUT2D eigenvalue weighted by atomic mass is 32.2. The van der Waals surface area contributed by atoms with Crippen LogP contribution in [0.1, 0.15) is 24.2 Å². The molecule has 0 aliphatic heterocycles. The lowest BCUT2D eigenvalue weighted by atomic mass is 10.0. The predicted molar refractivity (Wildman–Crippen MR) is 78.5 cm³/mol. The molecule has 2 atom stereocenters. The summed E-state index contributed by atoms with van der Waals surface area (Å²) in [6, 6.07) is 7.79. The van der Waals surface area contributed by atoms with Gasteiger partial charge >= 0.3 is 5.97 Å². The number of rotatable bonds is 7. The average molecular weight is 283 g/mol. The lowest BCUT2D eigenvalue weighted by molar-refractivity contribution is -0.137. The van der Waals surface area contributed by atoms with Gasteiger partial charge in [0.2, 0.25) is 0 Å². The van der Waals surface area contributed by atoms with E-state index in [0.29, 0.717) is 5.75 Å². The maximum absolute atomic E-state index is 11.3. The number of esters is 1. The highest BCUT2D eigenvalue weighted by molar-refractivity contribution is 8.00. The Kier molecular flexibility index (Phi) is 6.73. The molecule has 5 heteroatoms. The zero-order valence-corrected chi connectivity index (χ0v) is 12.4. The van der Waals surface area contributed by atoms with Crippen LogP contribution in [-0.2, 0) is 9.53 Å². The van der Waals surface area contributed by atoms with E-state index in [0.717, 1.165) is 17.7 Å². The minimum absolute atomic E-state index is 0.00283. The van der Waals surface area contributed by atoms with E-state index in [1.165, 1.54) is 18.9 Å². The topological polar surface area (TPSA) is 61.6 Å². The summed E-state index contributed by atoms with van der Waals surface area (Å²) in [6.07, 6.45) is 0.852. The van der Waals surface area contributed by atoms with Gasteiger partial charge in [0, 0.05) is 11.3 Å². The first-order valence-electron chi connectivity index (χ1n) is 6.20. The first-order chi connectivity index (χ1) is 9.12. The maximum Gasteiger partial charge on any atom is 0.315 e. The van der Waals surface area contributed by atoms with Crippen molar-refractivity contribution in [3.8, 4) is 5.75 Å². The molecular weight excluding hydrogens is 262 g/mol. The normalized spacial score (nSPS) is 13.7. The molecule has 106 valence electrons. The number of thioether (sulfide) groups is 1. The summed E-state index contributed by atoms with van der Waals surface area (Å²) in [4.78, 5) is 11.3. The van der Waals surface area contributed by atoms with Crippen LogP contribution >= 0.6 is 11.8 Å². The quantitative estimate of drug-likeness (QED) is 0.778. The van der Waals surface area contributed by atoms with E-state index >= 15 is 0 Å². The molecular formula is C14H21NO3S. The van der Waals surface area contributed by atoms with Crippen molar-refractivity contribution in [3.05, 3.63) is 29.8 Å². The number of hydrogen-bond donors (Lipinski definition) is 1. The van der Waals surface area contributed by atoms with Crippen LogP contribution in [0.4, 0.5) is 0 Å². The fourth-order valence-electron chi connectivity index (χ4n) is 1.69. The average Bonchev–Trinajstić information content (AvgIpc) is 2.47. The van der Waals surface area contributed by atoms with Gasteiger partial charge in [0.15, 0.2) is 0 Å². The second-order valence-electron chi connectivity index (χ2n) is 4.15. The molecule has 0 radical (unpaired) electrons. The van der Waals surface area contributed by atoms with Gasteiger partial charge in [0.05, 0.1) is 20.0 Å². The highest BCUT2D eigenvalue weighted by Gasteiger charge is 2.20. The Balaban J connectivity index is 2.79. The number of carbonyl (C=O) groups is 1. The zero-order chi connectivity index (χ0) is 14.3. The van der Waals surface area contributed by atoms with Gasteiger partial charge in [-0.3, -0.25) is 4.79 Å². The summed E-state index contributed by atoms with van der Waals surface area (Å²) < 4.78 is 9.80. The van der Waals surface area contributed by atoms with Gasteiger partial charge in [0.1, 0.15) is 5.75 Å². The standard InChI is InChI=1S/C14H21NO3S/c1-4-12(15)14(19-9-13(16)18-3)10-5-7-11(17-2)8-6-10/h5-8,12,14H,4,9,15H2,1-3H3. The predicted octanol–water partition coefficient (Wildman–Crippen LogP) is 2.38. The molecule has 0 fully saturated rings. The molecule has 0 aromatic heterocycles. The van der Waals surface area contributed by atoms with Crippen molar-refractivity contribution in [3.63, 3.8) is 0 Å². The second kappa shape index (κ2) is 8.07. The summed E-state index contributed by atoms with van der Waals surface area (Å²) in [6.45, 7) is 2.04. The van der Waals surface area contributed by atoms with Gasteiger partial charge < -0.3 is 15.2 Å². The SMILES string of the molecule is CCC(N)C(SCC(=O)OC)c1ccc(OC)cc1. The van der Waals surface area contributed by atoms with Crippen molar-refractivity contribution in [2.45, 2.75) is 24.6 Å². The molecule has 2 unspecified atom stereocenters. The Morgan fingerprint density at radius 2 is 1.95 bits per heavy atom. The number of ether oxygens (including phenoxy) is 2. The van der Waals surface area contributed by atoms with Crippen molar-refractivity contribution < 1.29 is 14.3 Å². The van der Waals surface area contributed by atoms with Crippen molar-refractivity contribution in [1.82, 2.24) is 0 Å². The van der Waals surface area contributed by atoms with Crippen LogP contribution in [0.2, 0.25) is 0 Å². The number of benzene rings is 1. The van der Waals surface area contributed by atoms with Crippen LogP contribution in [0.15, 0.2) is 24.3 Å². The van der Waals surface area contributed by atoms with Crippen LogP contribution in [0.3, 0.4) is 0 Å². The summed E-state index contributed by atoms with van der Waals surface area (Å²) >= 11 is 1.51. The fourth-order valence-corrected chi connectivity index (χ4v) is 2.91. The molecule has 19 heavy (non-hydrogen) atoms. The third-order valence-corrected chi connectivity index (χ3v) is 4.30. The van der Waals surface area contributed by atoms with Crippen LogP contribution in [-0.4, -0.2) is 32.0 Å². The molecule has 0 bridgehead atoms. The number of carbonyl (C=O) groups excluding carboxylic acids is 1. The van der Waals surface area contributed by atoms with Crippen LogP contribution in [0.5, 0.6) is 5.75 Å². The highest BCUT2D eigenvalue weighted by Crippen LogP contribution is 2.33. The minimum Gasteiger partial charge on any atom is -0.497 e. The molecule has 0 heterocycles. The molecule has 0 aliphatic carbocycles. The Hall–Kier alpha value is -1.20. The molecule has 2 N–H and O–H groups in total. The number of nitrogens with two attached hydrogens (primary N) is 1. The zero-order valence-electron chi connectivity index (χ0n) is 11.6. The first kappa shape index (κ1) is 15.9. The fraction of sp³-hybridized carbons (Fsp3) is 0.500. The van der Waals surface area contributed by atoms with E-state index < -0.39 is 0 Å². The second-order valence-corrected chi connectivity index (χ2v) is 5.28.